The van der Waals surface area contributed by atoms with Gasteiger partial charge in [-0.25, -0.2) is 15.0 Å². The molecule has 1 aromatic carbocycles. The van der Waals surface area contributed by atoms with Crippen LogP contribution in [-0.2, 0) is 0 Å². The van der Waals surface area contributed by atoms with E-state index in [9.17, 15) is 4.79 Å². The molecule has 10 nitrogen and oxygen atoms in total. The number of amides is 1. The first kappa shape index (κ1) is 23.3. The van der Waals surface area contributed by atoms with E-state index in [1.165, 1.54) is 21.3 Å². The monoisotopic (exact) mass is 466 g/mol. The summed E-state index contributed by atoms with van der Waals surface area (Å²) < 4.78 is 18.1. The van der Waals surface area contributed by atoms with Crippen molar-refractivity contribution < 1.29 is 19.0 Å². The summed E-state index contributed by atoms with van der Waals surface area (Å²) in [6.07, 6.45) is 1.78. The Bertz CT molecular complexity index is 1180. The van der Waals surface area contributed by atoms with Crippen LogP contribution < -0.4 is 19.1 Å². The standard InChI is InChI=1S/C24H30N6O4/c1-15-16(2)30(14-25-15)22-13-21(26-17(3)27-22)28-7-9-29(10-8-28)24(31)18-11-19(32-4)23(34-6)20(12-18)33-5/h11-14H,7-10H2,1-6H3. The predicted molar refractivity (Wildman–Crippen MR) is 128 cm³/mol. The summed E-state index contributed by atoms with van der Waals surface area (Å²) in [5, 5.41) is 0. The van der Waals surface area contributed by atoms with Crippen LogP contribution in [0.5, 0.6) is 17.2 Å². The van der Waals surface area contributed by atoms with Crippen LogP contribution >= 0.6 is 0 Å². The van der Waals surface area contributed by atoms with Gasteiger partial charge < -0.3 is 24.0 Å². The van der Waals surface area contributed by atoms with Gasteiger partial charge >= 0.3 is 0 Å². The second-order valence-electron chi connectivity index (χ2n) is 8.11. The lowest BCUT2D eigenvalue weighted by Gasteiger charge is -2.35. The highest BCUT2D eigenvalue weighted by atomic mass is 16.5. The summed E-state index contributed by atoms with van der Waals surface area (Å²) in [6, 6.07) is 5.34. The minimum atomic E-state index is -0.0806. The molecule has 0 saturated carbocycles. The summed E-state index contributed by atoms with van der Waals surface area (Å²) in [4.78, 5) is 30.8. The highest BCUT2D eigenvalue weighted by molar-refractivity contribution is 5.95. The molecule has 180 valence electrons. The summed E-state index contributed by atoms with van der Waals surface area (Å²) >= 11 is 0. The van der Waals surface area contributed by atoms with Gasteiger partial charge in [0.25, 0.3) is 5.91 Å². The summed E-state index contributed by atoms with van der Waals surface area (Å²) in [6.45, 7) is 8.34. The molecule has 0 atom stereocenters. The molecular weight excluding hydrogens is 436 g/mol. The molecule has 10 heteroatoms. The number of imidazole rings is 1. The molecule has 0 N–H and O–H groups in total. The van der Waals surface area contributed by atoms with Crippen LogP contribution in [0, 0.1) is 20.8 Å². The maximum atomic E-state index is 13.2. The quantitative estimate of drug-likeness (QED) is 0.547. The van der Waals surface area contributed by atoms with Gasteiger partial charge in [0.05, 0.1) is 27.0 Å². The first-order valence-corrected chi connectivity index (χ1v) is 11.1. The van der Waals surface area contributed by atoms with Crippen LogP contribution in [0.25, 0.3) is 5.82 Å². The number of carbonyl (C=O) groups excluding carboxylic acids is 1. The molecule has 34 heavy (non-hydrogen) atoms. The van der Waals surface area contributed by atoms with Gasteiger partial charge in [0.1, 0.15) is 23.8 Å². The van der Waals surface area contributed by atoms with E-state index in [1.807, 2.05) is 36.3 Å². The molecule has 1 aliphatic rings. The maximum Gasteiger partial charge on any atom is 0.254 e. The van der Waals surface area contributed by atoms with Crippen LogP contribution in [0.3, 0.4) is 0 Å². The molecular formula is C24H30N6O4. The van der Waals surface area contributed by atoms with Gasteiger partial charge in [-0.05, 0) is 32.9 Å². The minimum absolute atomic E-state index is 0.0806. The lowest BCUT2D eigenvalue weighted by Crippen LogP contribution is -2.49. The minimum Gasteiger partial charge on any atom is -0.493 e. The second kappa shape index (κ2) is 9.58. The van der Waals surface area contributed by atoms with E-state index >= 15 is 0 Å². The van der Waals surface area contributed by atoms with E-state index < -0.39 is 0 Å². The van der Waals surface area contributed by atoms with Gasteiger partial charge in [-0.1, -0.05) is 0 Å². The third-order valence-corrected chi connectivity index (χ3v) is 6.11. The van der Waals surface area contributed by atoms with Crippen molar-refractivity contribution in [1.29, 1.82) is 0 Å². The van der Waals surface area contributed by atoms with Gasteiger partial charge in [0, 0.05) is 43.5 Å². The molecule has 1 fully saturated rings. The molecule has 1 saturated heterocycles. The van der Waals surface area contributed by atoms with Crippen molar-refractivity contribution in [1.82, 2.24) is 24.4 Å². The number of hydrogen-bond donors (Lipinski definition) is 0. The number of aryl methyl sites for hydroxylation is 2. The Morgan fingerprint density at radius 1 is 0.853 bits per heavy atom. The molecule has 0 bridgehead atoms. The maximum absolute atomic E-state index is 13.2. The van der Waals surface area contributed by atoms with Gasteiger partial charge in [0.2, 0.25) is 5.75 Å². The summed E-state index contributed by atoms with van der Waals surface area (Å²) in [7, 11) is 4.61. The van der Waals surface area contributed by atoms with Crippen molar-refractivity contribution in [2.75, 3.05) is 52.4 Å². The van der Waals surface area contributed by atoms with Crippen molar-refractivity contribution in [2.45, 2.75) is 20.8 Å². The van der Waals surface area contributed by atoms with E-state index in [4.69, 9.17) is 14.2 Å². The van der Waals surface area contributed by atoms with Crippen LogP contribution in [-0.4, -0.2) is 77.8 Å². The molecule has 3 aromatic rings. The van der Waals surface area contributed by atoms with Crippen molar-refractivity contribution in [2.24, 2.45) is 0 Å². The number of hydrogen-bond acceptors (Lipinski definition) is 8. The van der Waals surface area contributed by atoms with E-state index in [0.29, 0.717) is 54.8 Å². The van der Waals surface area contributed by atoms with Crippen LogP contribution in [0.4, 0.5) is 5.82 Å². The third kappa shape index (κ3) is 4.35. The normalized spacial score (nSPS) is 13.7. The van der Waals surface area contributed by atoms with E-state index in [2.05, 4.69) is 19.9 Å². The van der Waals surface area contributed by atoms with Crippen molar-refractivity contribution in [3.8, 4) is 23.1 Å². The van der Waals surface area contributed by atoms with Crippen LogP contribution in [0.15, 0.2) is 24.5 Å². The Labute approximate surface area is 199 Å². The van der Waals surface area contributed by atoms with Gasteiger partial charge in [-0.3, -0.25) is 9.36 Å². The molecule has 0 radical (unpaired) electrons. The lowest BCUT2D eigenvalue weighted by atomic mass is 10.1. The highest BCUT2D eigenvalue weighted by Crippen LogP contribution is 2.38. The van der Waals surface area contributed by atoms with Crippen LogP contribution in [0.2, 0.25) is 0 Å². The summed E-state index contributed by atoms with van der Waals surface area (Å²) in [5.74, 6) is 3.61. The zero-order valence-electron chi connectivity index (χ0n) is 20.5. The van der Waals surface area contributed by atoms with E-state index in [0.717, 1.165) is 23.0 Å². The van der Waals surface area contributed by atoms with Crippen molar-refractivity contribution in [3.63, 3.8) is 0 Å². The number of piperazine rings is 1. The highest BCUT2D eigenvalue weighted by Gasteiger charge is 2.26. The average molecular weight is 467 g/mol. The SMILES string of the molecule is COc1cc(C(=O)N2CCN(c3cc(-n4cnc(C)c4C)nc(C)n3)CC2)cc(OC)c1OC. The lowest BCUT2D eigenvalue weighted by molar-refractivity contribution is 0.0745. The molecule has 1 aliphatic heterocycles. The third-order valence-electron chi connectivity index (χ3n) is 6.11. The fraction of sp³-hybridized carbons (Fsp3) is 0.417. The summed E-state index contributed by atoms with van der Waals surface area (Å²) in [5.41, 5.74) is 2.51. The molecule has 0 spiro atoms. The van der Waals surface area contributed by atoms with Crippen molar-refractivity contribution >= 4 is 11.7 Å². The number of aromatic nitrogens is 4. The Hall–Kier alpha value is -3.82. The van der Waals surface area contributed by atoms with Gasteiger partial charge in [-0.15, -0.1) is 0 Å². The number of anilines is 1. The molecule has 1 amide bonds. The Kier molecular flexibility index (Phi) is 6.58. The number of rotatable bonds is 6. The molecule has 4 rings (SSSR count). The first-order valence-electron chi connectivity index (χ1n) is 11.1. The Balaban J connectivity index is 1.51. The number of nitrogens with zero attached hydrogens (tertiary/aromatic N) is 6. The van der Waals surface area contributed by atoms with Crippen molar-refractivity contribution in [3.05, 3.63) is 47.3 Å². The largest absolute Gasteiger partial charge is 0.493 e. The fourth-order valence-electron chi connectivity index (χ4n) is 4.08. The number of benzene rings is 1. The van der Waals surface area contributed by atoms with Gasteiger partial charge in [0.15, 0.2) is 11.5 Å². The van der Waals surface area contributed by atoms with Crippen LogP contribution in [0.1, 0.15) is 27.6 Å². The Morgan fingerprint density at radius 2 is 1.47 bits per heavy atom. The van der Waals surface area contributed by atoms with Gasteiger partial charge in [-0.2, -0.15) is 0 Å². The first-order chi connectivity index (χ1) is 16.4. The molecule has 0 unspecified atom stereocenters. The second-order valence-corrected chi connectivity index (χ2v) is 8.11. The fourth-order valence-corrected chi connectivity index (χ4v) is 4.08. The average Bonchev–Trinajstić information content (AvgIpc) is 3.20. The zero-order chi connectivity index (χ0) is 24.4. The zero-order valence-corrected chi connectivity index (χ0v) is 20.5. The number of methoxy groups -OCH3 is 3. The smallest absolute Gasteiger partial charge is 0.254 e. The number of ether oxygens (including phenoxy) is 3. The van der Waals surface area contributed by atoms with E-state index in [1.54, 1.807) is 18.5 Å². The Morgan fingerprint density at radius 3 is 2.00 bits per heavy atom. The number of carbonyl (C=O) groups is 1. The molecule has 0 aliphatic carbocycles. The van der Waals surface area contributed by atoms with E-state index in [-0.39, 0.29) is 5.91 Å². The molecule has 2 aromatic heterocycles. The molecule has 3 heterocycles. The topological polar surface area (TPSA) is 94.8 Å². The predicted octanol–water partition coefficient (Wildman–Crippen LogP) is 2.58.